The number of methoxy groups -OCH3 is 1. The van der Waals surface area contributed by atoms with Crippen LogP contribution in [0.3, 0.4) is 0 Å². The molecule has 0 radical (unpaired) electrons. The van der Waals surface area contributed by atoms with E-state index in [2.05, 4.69) is 25.1 Å². The van der Waals surface area contributed by atoms with Crippen LogP contribution in [0.1, 0.15) is 38.2 Å². The maximum atomic E-state index is 5.27. The number of unbranched alkanes of at least 4 members (excludes halogenated alkanes) is 3. The number of benzene rings is 1. The van der Waals surface area contributed by atoms with Crippen LogP contribution in [0.5, 0.6) is 5.75 Å². The molecule has 82 valence electrons. The van der Waals surface area contributed by atoms with Gasteiger partial charge in [-0.25, -0.2) is 0 Å². The summed E-state index contributed by atoms with van der Waals surface area (Å²) in [6.45, 7) is 2.23. The van der Waals surface area contributed by atoms with Gasteiger partial charge >= 0.3 is 0 Å². The largest absolute Gasteiger partial charge is 0.496 e. The van der Waals surface area contributed by atoms with Crippen LogP contribution in [0, 0.1) is 0 Å². The van der Waals surface area contributed by atoms with Gasteiger partial charge in [0.25, 0.3) is 0 Å². The Morgan fingerprint density at radius 1 is 1.20 bits per heavy atom. The minimum atomic E-state index is 0.948. The van der Waals surface area contributed by atoms with Crippen molar-refractivity contribution in [1.82, 2.24) is 0 Å². The summed E-state index contributed by atoms with van der Waals surface area (Å²) in [4.78, 5) is 0. The average molecular weight is 204 g/mol. The fraction of sp³-hybridized carbons (Fsp3) is 0.429. The third kappa shape index (κ3) is 4.20. The maximum Gasteiger partial charge on any atom is 0.126 e. The Balaban J connectivity index is 2.48. The lowest BCUT2D eigenvalue weighted by Crippen LogP contribution is -1.85. The van der Waals surface area contributed by atoms with Crippen molar-refractivity contribution in [3.63, 3.8) is 0 Å². The monoisotopic (exact) mass is 204 g/mol. The van der Waals surface area contributed by atoms with E-state index < -0.39 is 0 Å². The highest BCUT2D eigenvalue weighted by molar-refractivity contribution is 5.56. The van der Waals surface area contributed by atoms with Crippen LogP contribution in [0.4, 0.5) is 0 Å². The minimum absolute atomic E-state index is 0.948. The molecule has 0 fully saturated rings. The Hall–Kier alpha value is -1.24. The third-order valence-corrected chi connectivity index (χ3v) is 2.41. The Bertz CT molecular complexity index is 302. The molecule has 0 aromatic heterocycles. The first-order chi connectivity index (χ1) is 7.38. The van der Waals surface area contributed by atoms with E-state index in [-0.39, 0.29) is 0 Å². The van der Waals surface area contributed by atoms with E-state index in [0.29, 0.717) is 0 Å². The molecular formula is C14H20O. The molecule has 15 heavy (non-hydrogen) atoms. The van der Waals surface area contributed by atoms with Gasteiger partial charge in [0, 0.05) is 5.56 Å². The molecule has 0 unspecified atom stereocenters. The summed E-state index contributed by atoms with van der Waals surface area (Å²) in [5.74, 6) is 0.948. The van der Waals surface area contributed by atoms with E-state index in [4.69, 9.17) is 4.74 Å². The van der Waals surface area contributed by atoms with Crippen LogP contribution in [-0.2, 0) is 0 Å². The number of allylic oxidation sites excluding steroid dienone is 1. The molecule has 0 N–H and O–H groups in total. The number of para-hydroxylation sites is 1. The van der Waals surface area contributed by atoms with Gasteiger partial charge in [-0.1, -0.05) is 50.1 Å². The van der Waals surface area contributed by atoms with Gasteiger partial charge in [0.2, 0.25) is 0 Å². The van der Waals surface area contributed by atoms with E-state index >= 15 is 0 Å². The van der Waals surface area contributed by atoms with Crippen molar-refractivity contribution >= 4 is 6.08 Å². The van der Waals surface area contributed by atoms with E-state index in [1.54, 1.807) is 7.11 Å². The normalized spacial score (nSPS) is 10.8. The van der Waals surface area contributed by atoms with Crippen molar-refractivity contribution in [3.8, 4) is 5.75 Å². The van der Waals surface area contributed by atoms with E-state index in [0.717, 1.165) is 17.7 Å². The summed E-state index contributed by atoms with van der Waals surface area (Å²) in [6.07, 6.45) is 9.41. The molecule has 0 bridgehead atoms. The van der Waals surface area contributed by atoms with Crippen molar-refractivity contribution in [2.45, 2.75) is 32.6 Å². The van der Waals surface area contributed by atoms with Crippen molar-refractivity contribution in [3.05, 3.63) is 35.9 Å². The lowest BCUT2D eigenvalue weighted by Gasteiger charge is -2.03. The Morgan fingerprint density at radius 2 is 2.00 bits per heavy atom. The minimum Gasteiger partial charge on any atom is -0.496 e. The number of hydrogen-bond acceptors (Lipinski definition) is 1. The predicted octanol–water partition coefficient (Wildman–Crippen LogP) is 4.29. The first-order valence-corrected chi connectivity index (χ1v) is 5.68. The predicted molar refractivity (Wildman–Crippen MR) is 66.2 cm³/mol. The SMILES string of the molecule is CCCCCC=Cc1ccccc1OC. The number of hydrogen-bond donors (Lipinski definition) is 0. The molecular weight excluding hydrogens is 184 g/mol. The summed E-state index contributed by atoms with van der Waals surface area (Å²) in [7, 11) is 1.71. The second kappa shape index (κ2) is 7.10. The second-order valence-electron chi connectivity index (χ2n) is 3.64. The molecule has 0 aliphatic heterocycles. The summed E-state index contributed by atoms with van der Waals surface area (Å²) in [5.41, 5.74) is 1.16. The molecule has 1 aromatic carbocycles. The fourth-order valence-electron chi connectivity index (χ4n) is 1.53. The lowest BCUT2D eigenvalue weighted by molar-refractivity contribution is 0.414. The van der Waals surface area contributed by atoms with Crippen LogP contribution in [-0.4, -0.2) is 7.11 Å². The van der Waals surface area contributed by atoms with Crippen LogP contribution < -0.4 is 4.74 Å². The van der Waals surface area contributed by atoms with Gasteiger partial charge in [0.1, 0.15) is 5.75 Å². The zero-order chi connectivity index (χ0) is 10.9. The number of ether oxygens (including phenoxy) is 1. The van der Waals surface area contributed by atoms with Gasteiger partial charge in [-0.2, -0.15) is 0 Å². The standard InChI is InChI=1S/C14H20O/c1-3-4-5-6-7-10-13-11-8-9-12-14(13)15-2/h7-12H,3-6H2,1-2H3. The maximum absolute atomic E-state index is 5.27. The molecule has 1 heteroatoms. The topological polar surface area (TPSA) is 9.23 Å². The zero-order valence-electron chi connectivity index (χ0n) is 9.70. The average Bonchev–Trinajstić information content (AvgIpc) is 2.29. The van der Waals surface area contributed by atoms with Gasteiger partial charge in [-0.05, 0) is 18.9 Å². The molecule has 0 amide bonds. The van der Waals surface area contributed by atoms with E-state index in [9.17, 15) is 0 Å². The highest BCUT2D eigenvalue weighted by Crippen LogP contribution is 2.19. The highest BCUT2D eigenvalue weighted by atomic mass is 16.5. The van der Waals surface area contributed by atoms with Gasteiger partial charge in [-0.15, -0.1) is 0 Å². The molecule has 0 heterocycles. The van der Waals surface area contributed by atoms with Crippen molar-refractivity contribution in [1.29, 1.82) is 0 Å². The summed E-state index contributed by atoms with van der Waals surface area (Å²) < 4.78 is 5.27. The second-order valence-corrected chi connectivity index (χ2v) is 3.64. The first-order valence-electron chi connectivity index (χ1n) is 5.68. The fourth-order valence-corrected chi connectivity index (χ4v) is 1.53. The summed E-state index contributed by atoms with van der Waals surface area (Å²) >= 11 is 0. The lowest BCUT2D eigenvalue weighted by atomic mass is 10.1. The molecule has 0 saturated heterocycles. The highest BCUT2D eigenvalue weighted by Gasteiger charge is 1.95. The van der Waals surface area contributed by atoms with Crippen molar-refractivity contribution < 1.29 is 4.74 Å². The van der Waals surface area contributed by atoms with Gasteiger partial charge < -0.3 is 4.74 Å². The Labute approximate surface area is 92.8 Å². The van der Waals surface area contributed by atoms with E-state index in [1.807, 2.05) is 18.2 Å². The molecule has 0 saturated carbocycles. The molecule has 0 aliphatic carbocycles. The van der Waals surface area contributed by atoms with Crippen molar-refractivity contribution in [2.24, 2.45) is 0 Å². The van der Waals surface area contributed by atoms with Crippen molar-refractivity contribution in [2.75, 3.05) is 7.11 Å². The smallest absolute Gasteiger partial charge is 0.126 e. The quantitative estimate of drug-likeness (QED) is 0.628. The van der Waals surface area contributed by atoms with Crippen LogP contribution in [0.2, 0.25) is 0 Å². The van der Waals surface area contributed by atoms with E-state index in [1.165, 1.54) is 19.3 Å². The zero-order valence-corrected chi connectivity index (χ0v) is 9.70. The third-order valence-electron chi connectivity index (χ3n) is 2.41. The van der Waals surface area contributed by atoms with Gasteiger partial charge in [-0.3, -0.25) is 0 Å². The summed E-state index contributed by atoms with van der Waals surface area (Å²) in [5, 5.41) is 0. The molecule has 1 rings (SSSR count). The molecule has 0 spiro atoms. The Kier molecular flexibility index (Phi) is 5.60. The first kappa shape index (κ1) is 11.8. The summed E-state index contributed by atoms with van der Waals surface area (Å²) in [6, 6.07) is 8.10. The molecule has 1 aromatic rings. The van der Waals surface area contributed by atoms with Crippen LogP contribution >= 0.6 is 0 Å². The molecule has 1 nitrogen and oxygen atoms in total. The molecule has 0 atom stereocenters. The number of rotatable bonds is 6. The molecule has 0 aliphatic rings. The van der Waals surface area contributed by atoms with Gasteiger partial charge in [0.05, 0.1) is 7.11 Å². The van der Waals surface area contributed by atoms with Crippen LogP contribution in [0.15, 0.2) is 30.3 Å². The Morgan fingerprint density at radius 3 is 2.73 bits per heavy atom. The van der Waals surface area contributed by atoms with Crippen LogP contribution in [0.25, 0.3) is 6.08 Å². The van der Waals surface area contributed by atoms with Gasteiger partial charge in [0.15, 0.2) is 0 Å².